The number of rotatable bonds is 6. The molecular weight excluding hydrogens is 414 g/mol. The standard InChI is InChI=1S/C23H33N3O2S2/c1-15(2)8-13-26-22(28)20-17-6-4-5-7-18(17)30-21(20)24-23(26)29-14-19(27)25-11-9-16(3)10-12-25/h15-16H,4-14H2,1-3H3. The van der Waals surface area contributed by atoms with Crippen molar-refractivity contribution in [2.75, 3.05) is 18.8 Å². The van der Waals surface area contributed by atoms with Gasteiger partial charge >= 0.3 is 0 Å². The Balaban J connectivity index is 1.61. The molecule has 0 unspecified atom stereocenters. The van der Waals surface area contributed by atoms with Gasteiger partial charge in [-0.15, -0.1) is 11.3 Å². The average Bonchev–Trinajstić information content (AvgIpc) is 3.10. The molecule has 0 atom stereocenters. The fourth-order valence-corrected chi connectivity index (χ4v) is 6.62. The number of likely N-dealkylation sites (tertiary alicyclic amines) is 1. The SMILES string of the molecule is CC(C)CCn1c(SCC(=O)N2CCC(C)CC2)nc2sc3c(c2c1=O)CCCC3. The molecule has 0 radical (unpaired) electrons. The molecule has 5 nitrogen and oxygen atoms in total. The minimum atomic E-state index is 0.0989. The Kier molecular flexibility index (Phi) is 6.88. The summed E-state index contributed by atoms with van der Waals surface area (Å²) in [6, 6.07) is 0. The number of aryl methyl sites for hydroxylation is 2. The zero-order chi connectivity index (χ0) is 21.3. The van der Waals surface area contributed by atoms with Crippen molar-refractivity contribution in [2.24, 2.45) is 11.8 Å². The van der Waals surface area contributed by atoms with Crippen LogP contribution in [0.15, 0.2) is 9.95 Å². The molecule has 1 aliphatic heterocycles. The summed E-state index contributed by atoms with van der Waals surface area (Å²) in [6.07, 6.45) is 7.52. The maximum atomic E-state index is 13.5. The zero-order valence-electron chi connectivity index (χ0n) is 18.4. The van der Waals surface area contributed by atoms with E-state index < -0.39 is 0 Å². The van der Waals surface area contributed by atoms with Crippen LogP contribution in [0.3, 0.4) is 0 Å². The summed E-state index contributed by atoms with van der Waals surface area (Å²) in [7, 11) is 0. The van der Waals surface area contributed by atoms with E-state index in [1.807, 2.05) is 9.47 Å². The quantitative estimate of drug-likeness (QED) is 0.474. The van der Waals surface area contributed by atoms with Gasteiger partial charge in [0.05, 0.1) is 11.1 Å². The lowest BCUT2D eigenvalue weighted by atomic mass is 9.97. The Bertz CT molecular complexity index is 971. The lowest BCUT2D eigenvalue weighted by Gasteiger charge is -2.30. The maximum absolute atomic E-state index is 13.5. The molecule has 0 bridgehead atoms. The van der Waals surface area contributed by atoms with Gasteiger partial charge in [0, 0.05) is 24.5 Å². The number of thiophene rings is 1. The van der Waals surface area contributed by atoms with Crippen molar-refractivity contribution in [3.63, 3.8) is 0 Å². The van der Waals surface area contributed by atoms with Crippen LogP contribution >= 0.6 is 23.1 Å². The molecule has 0 spiro atoms. The average molecular weight is 448 g/mol. The van der Waals surface area contributed by atoms with E-state index in [0.717, 1.165) is 61.8 Å². The van der Waals surface area contributed by atoms with Gasteiger partial charge in [-0.25, -0.2) is 4.98 Å². The number of fused-ring (bicyclic) bond motifs is 3. The second-order valence-corrected chi connectivity index (χ2v) is 11.3. The van der Waals surface area contributed by atoms with E-state index in [-0.39, 0.29) is 11.5 Å². The van der Waals surface area contributed by atoms with Crippen LogP contribution in [0.5, 0.6) is 0 Å². The monoisotopic (exact) mass is 447 g/mol. The molecular formula is C23H33N3O2S2. The number of carbonyl (C=O) groups excluding carboxylic acids is 1. The maximum Gasteiger partial charge on any atom is 0.263 e. The molecule has 1 fully saturated rings. The van der Waals surface area contributed by atoms with Gasteiger partial charge < -0.3 is 4.90 Å². The van der Waals surface area contributed by atoms with Gasteiger partial charge in [0.15, 0.2) is 5.16 Å². The largest absolute Gasteiger partial charge is 0.342 e. The van der Waals surface area contributed by atoms with Crippen molar-refractivity contribution >= 4 is 39.2 Å². The first-order valence-corrected chi connectivity index (χ1v) is 13.2. The van der Waals surface area contributed by atoms with Crippen molar-refractivity contribution in [3.8, 4) is 0 Å². The summed E-state index contributed by atoms with van der Waals surface area (Å²) in [4.78, 5) is 35.4. The van der Waals surface area contributed by atoms with Gasteiger partial charge in [-0.05, 0) is 62.3 Å². The fraction of sp³-hybridized carbons (Fsp3) is 0.696. The lowest BCUT2D eigenvalue weighted by Crippen LogP contribution is -2.39. The van der Waals surface area contributed by atoms with Gasteiger partial charge in [-0.1, -0.05) is 32.5 Å². The molecule has 1 aliphatic carbocycles. The Morgan fingerprint density at radius 1 is 1.23 bits per heavy atom. The third kappa shape index (κ3) is 4.62. The van der Waals surface area contributed by atoms with Gasteiger partial charge in [0.25, 0.3) is 5.56 Å². The summed E-state index contributed by atoms with van der Waals surface area (Å²) in [5.74, 6) is 1.75. The fourth-order valence-electron chi connectivity index (χ4n) is 4.39. The molecule has 1 saturated heterocycles. The smallest absolute Gasteiger partial charge is 0.263 e. The second-order valence-electron chi connectivity index (χ2n) is 9.28. The number of aromatic nitrogens is 2. The number of hydrogen-bond acceptors (Lipinski definition) is 5. The zero-order valence-corrected chi connectivity index (χ0v) is 20.0. The van der Waals surface area contributed by atoms with Crippen LogP contribution in [0.1, 0.15) is 63.3 Å². The molecule has 1 amide bonds. The van der Waals surface area contributed by atoms with Crippen LogP contribution in [0.2, 0.25) is 0 Å². The van der Waals surface area contributed by atoms with Crippen LogP contribution in [0.25, 0.3) is 10.2 Å². The molecule has 2 aromatic rings. The van der Waals surface area contributed by atoms with Crippen LogP contribution < -0.4 is 5.56 Å². The Hall–Kier alpha value is -1.34. The van der Waals surface area contributed by atoms with Crippen molar-refractivity contribution in [1.82, 2.24) is 14.5 Å². The first-order valence-electron chi connectivity index (χ1n) is 11.4. The highest BCUT2D eigenvalue weighted by Crippen LogP contribution is 2.35. The van der Waals surface area contributed by atoms with E-state index in [1.54, 1.807) is 11.3 Å². The van der Waals surface area contributed by atoms with E-state index in [4.69, 9.17) is 4.98 Å². The molecule has 0 aromatic carbocycles. The lowest BCUT2D eigenvalue weighted by molar-refractivity contribution is -0.129. The molecule has 30 heavy (non-hydrogen) atoms. The number of amides is 1. The highest BCUT2D eigenvalue weighted by molar-refractivity contribution is 7.99. The van der Waals surface area contributed by atoms with Crippen molar-refractivity contribution in [1.29, 1.82) is 0 Å². The number of thioether (sulfide) groups is 1. The predicted molar refractivity (Wildman–Crippen MR) is 126 cm³/mol. The summed E-state index contributed by atoms with van der Waals surface area (Å²) in [6.45, 7) is 8.98. The first-order chi connectivity index (χ1) is 14.4. The van der Waals surface area contributed by atoms with Crippen LogP contribution in [0, 0.1) is 11.8 Å². The number of hydrogen-bond donors (Lipinski definition) is 0. The molecule has 164 valence electrons. The summed E-state index contributed by atoms with van der Waals surface area (Å²) < 4.78 is 1.85. The van der Waals surface area contributed by atoms with E-state index in [1.165, 1.54) is 28.6 Å². The topological polar surface area (TPSA) is 55.2 Å². The van der Waals surface area contributed by atoms with Gasteiger partial charge in [-0.3, -0.25) is 14.2 Å². The molecule has 7 heteroatoms. The Morgan fingerprint density at radius 3 is 2.70 bits per heavy atom. The number of piperidine rings is 1. The van der Waals surface area contributed by atoms with Crippen molar-refractivity contribution < 1.29 is 4.79 Å². The van der Waals surface area contributed by atoms with Crippen LogP contribution in [-0.4, -0.2) is 39.2 Å². The third-order valence-electron chi connectivity index (χ3n) is 6.43. The van der Waals surface area contributed by atoms with E-state index in [0.29, 0.717) is 29.3 Å². The normalized spacial score (nSPS) is 17.7. The molecule has 0 saturated carbocycles. The van der Waals surface area contributed by atoms with Crippen LogP contribution in [0.4, 0.5) is 0 Å². The first kappa shape index (κ1) is 21.9. The van der Waals surface area contributed by atoms with Crippen LogP contribution in [-0.2, 0) is 24.2 Å². The van der Waals surface area contributed by atoms with E-state index >= 15 is 0 Å². The minimum Gasteiger partial charge on any atom is -0.342 e. The molecule has 3 heterocycles. The Morgan fingerprint density at radius 2 is 1.97 bits per heavy atom. The highest BCUT2D eigenvalue weighted by atomic mass is 32.2. The second kappa shape index (κ2) is 9.43. The number of nitrogens with zero attached hydrogens (tertiary/aromatic N) is 3. The van der Waals surface area contributed by atoms with Crippen molar-refractivity contribution in [2.45, 2.75) is 77.4 Å². The summed E-state index contributed by atoms with van der Waals surface area (Å²) in [5.41, 5.74) is 1.34. The molecule has 2 aliphatic rings. The van der Waals surface area contributed by atoms with Gasteiger partial charge in [-0.2, -0.15) is 0 Å². The summed E-state index contributed by atoms with van der Waals surface area (Å²) in [5, 5.41) is 1.56. The molecule has 0 N–H and O–H groups in total. The van der Waals surface area contributed by atoms with Gasteiger partial charge in [0.2, 0.25) is 5.91 Å². The number of carbonyl (C=O) groups is 1. The molecule has 4 rings (SSSR count). The molecule has 2 aromatic heterocycles. The predicted octanol–water partition coefficient (Wildman–Crippen LogP) is 4.73. The van der Waals surface area contributed by atoms with E-state index in [2.05, 4.69) is 20.8 Å². The summed E-state index contributed by atoms with van der Waals surface area (Å²) >= 11 is 3.13. The Labute approximate surface area is 187 Å². The minimum absolute atomic E-state index is 0.0989. The van der Waals surface area contributed by atoms with Crippen molar-refractivity contribution in [3.05, 3.63) is 20.8 Å². The highest BCUT2D eigenvalue weighted by Gasteiger charge is 2.24. The van der Waals surface area contributed by atoms with E-state index in [9.17, 15) is 9.59 Å². The third-order valence-corrected chi connectivity index (χ3v) is 8.58. The van der Waals surface area contributed by atoms with Gasteiger partial charge in [0.1, 0.15) is 4.83 Å².